The quantitative estimate of drug-likeness (QED) is 0.491. The maximum atomic E-state index is 10.00. The molecule has 0 atom stereocenters. The predicted molar refractivity (Wildman–Crippen MR) is 99.0 cm³/mol. The van der Waals surface area contributed by atoms with Crippen molar-refractivity contribution in [3.63, 3.8) is 0 Å². The van der Waals surface area contributed by atoms with E-state index in [0.717, 1.165) is 17.1 Å². The number of aromatic hydroxyl groups is 1. The van der Waals surface area contributed by atoms with Crippen molar-refractivity contribution in [2.75, 3.05) is 7.11 Å². The molecule has 3 aromatic carbocycles. The standard InChI is InChI=1S/C20H17N3O2/c1-25-19-10-7-16(8-11-19)21-14-15-13-18(9-12-20(15)24)23-22-17-5-3-2-4-6-17/h2-14,24H,1H3. The summed E-state index contributed by atoms with van der Waals surface area (Å²) in [5.41, 5.74) is 2.73. The second kappa shape index (κ2) is 7.88. The molecule has 124 valence electrons. The SMILES string of the molecule is COc1ccc(N=Cc2cc(N=Nc3ccccc3)ccc2O)cc1. The van der Waals surface area contributed by atoms with Gasteiger partial charge >= 0.3 is 0 Å². The number of ether oxygens (including phenoxy) is 1. The molecule has 0 radical (unpaired) electrons. The first-order valence-corrected chi connectivity index (χ1v) is 7.72. The highest BCUT2D eigenvalue weighted by atomic mass is 16.5. The van der Waals surface area contributed by atoms with Gasteiger partial charge in [0.1, 0.15) is 11.5 Å². The minimum Gasteiger partial charge on any atom is -0.507 e. The minimum atomic E-state index is 0.135. The molecule has 0 aliphatic heterocycles. The normalized spacial score (nSPS) is 11.2. The van der Waals surface area contributed by atoms with E-state index in [0.29, 0.717) is 11.3 Å². The molecule has 0 aromatic heterocycles. The Morgan fingerprint density at radius 2 is 1.48 bits per heavy atom. The summed E-state index contributed by atoms with van der Waals surface area (Å²) >= 11 is 0. The topological polar surface area (TPSA) is 66.5 Å². The number of methoxy groups -OCH3 is 1. The van der Waals surface area contributed by atoms with Gasteiger partial charge in [-0.2, -0.15) is 10.2 Å². The number of rotatable bonds is 5. The van der Waals surface area contributed by atoms with Crippen molar-refractivity contribution in [3.8, 4) is 11.5 Å². The maximum Gasteiger partial charge on any atom is 0.124 e. The Kier molecular flexibility index (Phi) is 5.16. The van der Waals surface area contributed by atoms with Crippen molar-refractivity contribution in [2.45, 2.75) is 0 Å². The predicted octanol–water partition coefficient (Wildman–Crippen LogP) is 5.57. The summed E-state index contributed by atoms with van der Waals surface area (Å²) in [7, 11) is 1.62. The molecule has 0 aliphatic rings. The smallest absolute Gasteiger partial charge is 0.124 e. The molecule has 0 amide bonds. The summed E-state index contributed by atoms with van der Waals surface area (Å²) in [6.45, 7) is 0. The van der Waals surface area contributed by atoms with Crippen molar-refractivity contribution in [1.29, 1.82) is 0 Å². The van der Waals surface area contributed by atoms with Crippen LogP contribution in [0.2, 0.25) is 0 Å². The summed E-state index contributed by atoms with van der Waals surface area (Å²) in [5, 5.41) is 18.4. The average Bonchev–Trinajstić information content (AvgIpc) is 2.67. The van der Waals surface area contributed by atoms with Crippen LogP contribution >= 0.6 is 0 Å². The van der Waals surface area contributed by atoms with E-state index in [1.54, 1.807) is 31.5 Å². The third kappa shape index (κ3) is 4.51. The van der Waals surface area contributed by atoms with Gasteiger partial charge in [0.25, 0.3) is 0 Å². The highest BCUT2D eigenvalue weighted by molar-refractivity contribution is 5.86. The molecule has 3 aromatic rings. The number of phenols is 1. The number of hydrogen-bond acceptors (Lipinski definition) is 5. The molecule has 5 heteroatoms. The van der Waals surface area contributed by atoms with E-state index in [4.69, 9.17) is 4.74 Å². The fourth-order valence-corrected chi connectivity index (χ4v) is 2.13. The Morgan fingerprint density at radius 1 is 0.800 bits per heavy atom. The van der Waals surface area contributed by atoms with Gasteiger partial charge in [-0.05, 0) is 54.6 Å². The fraction of sp³-hybridized carbons (Fsp3) is 0.0500. The molecular formula is C20H17N3O2. The molecule has 25 heavy (non-hydrogen) atoms. The number of azo groups is 1. The maximum absolute atomic E-state index is 10.00. The fourth-order valence-electron chi connectivity index (χ4n) is 2.13. The van der Waals surface area contributed by atoms with Crippen molar-refractivity contribution in [1.82, 2.24) is 0 Å². The molecule has 0 aliphatic carbocycles. The van der Waals surface area contributed by atoms with Gasteiger partial charge in [-0.15, -0.1) is 0 Å². The first kappa shape index (κ1) is 16.4. The van der Waals surface area contributed by atoms with Crippen LogP contribution in [0.1, 0.15) is 5.56 Å². The van der Waals surface area contributed by atoms with Gasteiger partial charge in [0.2, 0.25) is 0 Å². The highest BCUT2D eigenvalue weighted by Gasteiger charge is 2.01. The molecule has 0 fully saturated rings. The Labute approximate surface area is 146 Å². The molecule has 0 saturated heterocycles. The number of nitrogens with zero attached hydrogens (tertiary/aromatic N) is 3. The highest BCUT2D eigenvalue weighted by Crippen LogP contribution is 2.25. The van der Waals surface area contributed by atoms with Crippen LogP contribution in [0.3, 0.4) is 0 Å². The number of aliphatic imine (C=N–C) groups is 1. The Bertz CT molecular complexity index is 889. The average molecular weight is 331 g/mol. The van der Waals surface area contributed by atoms with E-state index in [-0.39, 0.29) is 5.75 Å². The van der Waals surface area contributed by atoms with Crippen LogP contribution in [-0.2, 0) is 0 Å². The second-order valence-corrected chi connectivity index (χ2v) is 5.23. The van der Waals surface area contributed by atoms with Crippen LogP contribution < -0.4 is 4.74 Å². The van der Waals surface area contributed by atoms with Crippen molar-refractivity contribution < 1.29 is 9.84 Å². The van der Waals surface area contributed by atoms with E-state index in [9.17, 15) is 5.11 Å². The summed E-state index contributed by atoms with van der Waals surface area (Å²) in [5.74, 6) is 0.904. The second-order valence-electron chi connectivity index (χ2n) is 5.23. The van der Waals surface area contributed by atoms with Crippen LogP contribution in [0.15, 0.2) is 88.0 Å². The van der Waals surface area contributed by atoms with Gasteiger partial charge in [0, 0.05) is 11.8 Å². The van der Waals surface area contributed by atoms with E-state index >= 15 is 0 Å². The molecule has 0 spiro atoms. The summed E-state index contributed by atoms with van der Waals surface area (Å²) in [4.78, 5) is 4.36. The zero-order valence-corrected chi connectivity index (χ0v) is 13.7. The van der Waals surface area contributed by atoms with E-state index < -0.39 is 0 Å². The van der Waals surface area contributed by atoms with E-state index in [1.807, 2.05) is 54.6 Å². The summed E-state index contributed by atoms with van der Waals surface area (Å²) in [6.07, 6.45) is 1.60. The first-order valence-electron chi connectivity index (χ1n) is 7.72. The van der Waals surface area contributed by atoms with Crippen molar-refractivity contribution >= 4 is 23.3 Å². The van der Waals surface area contributed by atoms with Gasteiger partial charge in [-0.3, -0.25) is 4.99 Å². The lowest BCUT2D eigenvalue weighted by Gasteiger charge is -2.01. The van der Waals surface area contributed by atoms with Gasteiger partial charge in [-0.1, -0.05) is 18.2 Å². The molecule has 0 bridgehead atoms. The van der Waals surface area contributed by atoms with Crippen LogP contribution in [0.25, 0.3) is 0 Å². The van der Waals surface area contributed by atoms with Crippen LogP contribution in [0, 0.1) is 0 Å². The van der Waals surface area contributed by atoms with Crippen LogP contribution in [-0.4, -0.2) is 18.4 Å². The lowest BCUT2D eigenvalue weighted by molar-refractivity contribution is 0.415. The van der Waals surface area contributed by atoms with Crippen LogP contribution in [0.4, 0.5) is 17.1 Å². The van der Waals surface area contributed by atoms with Crippen LogP contribution in [0.5, 0.6) is 11.5 Å². The Hall–Kier alpha value is -3.47. The monoisotopic (exact) mass is 331 g/mol. The number of phenolic OH excluding ortho intramolecular Hbond substituents is 1. The minimum absolute atomic E-state index is 0.135. The van der Waals surface area contributed by atoms with Gasteiger partial charge in [0.05, 0.1) is 24.2 Å². The molecule has 0 heterocycles. The van der Waals surface area contributed by atoms with Crippen molar-refractivity contribution in [2.24, 2.45) is 15.2 Å². The van der Waals surface area contributed by atoms with Gasteiger partial charge in [0.15, 0.2) is 0 Å². The Balaban J connectivity index is 1.79. The number of benzene rings is 3. The first-order chi connectivity index (χ1) is 12.2. The van der Waals surface area contributed by atoms with E-state index in [1.165, 1.54) is 0 Å². The van der Waals surface area contributed by atoms with Crippen molar-refractivity contribution in [3.05, 3.63) is 78.4 Å². The third-order valence-electron chi connectivity index (χ3n) is 3.47. The zero-order chi connectivity index (χ0) is 17.5. The van der Waals surface area contributed by atoms with E-state index in [2.05, 4.69) is 15.2 Å². The third-order valence-corrected chi connectivity index (χ3v) is 3.47. The summed E-state index contributed by atoms with van der Waals surface area (Å²) < 4.78 is 5.12. The molecule has 0 saturated carbocycles. The largest absolute Gasteiger partial charge is 0.507 e. The number of hydrogen-bond donors (Lipinski definition) is 1. The Morgan fingerprint density at radius 3 is 2.20 bits per heavy atom. The lowest BCUT2D eigenvalue weighted by atomic mass is 10.2. The molecule has 1 N–H and O–H groups in total. The lowest BCUT2D eigenvalue weighted by Crippen LogP contribution is -1.83. The molecule has 5 nitrogen and oxygen atoms in total. The summed E-state index contributed by atoms with van der Waals surface area (Å²) in [6, 6.07) is 21.8. The zero-order valence-electron chi connectivity index (χ0n) is 13.7. The van der Waals surface area contributed by atoms with Gasteiger partial charge in [-0.25, -0.2) is 0 Å². The van der Waals surface area contributed by atoms with Gasteiger partial charge < -0.3 is 9.84 Å². The molecule has 0 unspecified atom stereocenters. The molecular weight excluding hydrogens is 314 g/mol. The molecule has 3 rings (SSSR count).